The summed E-state index contributed by atoms with van der Waals surface area (Å²) < 4.78 is 36.4. The number of ether oxygens (including phenoxy) is 1. The second-order valence-electron chi connectivity index (χ2n) is 9.69. The predicted octanol–water partition coefficient (Wildman–Crippen LogP) is 5.90. The highest BCUT2D eigenvalue weighted by Crippen LogP contribution is 2.39. The number of aromatic nitrogens is 3. The number of aromatic carboxylic acids is 1. The maximum Gasteiger partial charge on any atom is 0.337 e. The molecule has 5 rings (SSSR count). The number of fused-ring (bicyclic) bond motifs is 1. The summed E-state index contributed by atoms with van der Waals surface area (Å²) in [5.74, 6) is -3.20. The highest BCUT2D eigenvalue weighted by atomic mass is 19.2. The van der Waals surface area contributed by atoms with E-state index in [0.717, 1.165) is 49.8 Å². The number of nitrogens with one attached hydrogen (secondary N) is 1. The van der Waals surface area contributed by atoms with E-state index < -0.39 is 35.7 Å². The van der Waals surface area contributed by atoms with E-state index in [1.807, 2.05) is 30.3 Å². The van der Waals surface area contributed by atoms with Gasteiger partial charge in [0.05, 0.1) is 16.6 Å². The third-order valence-corrected chi connectivity index (χ3v) is 7.24. The van der Waals surface area contributed by atoms with Crippen LogP contribution in [0, 0.1) is 17.6 Å². The van der Waals surface area contributed by atoms with E-state index in [1.54, 1.807) is 4.57 Å². The average Bonchev–Trinajstić information content (AvgIpc) is 3.28. The van der Waals surface area contributed by atoms with Gasteiger partial charge in [-0.3, -0.25) is 4.79 Å². The summed E-state index contributed by atoms with van der Waals surface area (Å²) in [5, 5.41) is 12.0. The topological polar surface area (TPSA) is 106 Å². The Morgan fingerprint density at radius 2 is 1.77 bits per heavy atom. The second kappa shape index (κ2) is 11.3. The van der Waals surface area contributed by atoms with Crippen LogP contribution < -0.4 is 5.32 Å². The van der Waals surface area contributed by atoms with Crippen LogP contribution in [0.15, 0.2) is 60.8 Å². The predicted molar refractivity (Wildman–Crippen MR) is 140 cm³/mol. The van der Waals surface area contributed by atoms with Gasteiger partial charge in [0, 0.05) is 25.4 Å². The summed E-state index contributed by atoms with van der Waals surface area (Å²) in [6, 6.07) is 13.3. The second-order valence-corrected chi connectivity index (χ2v) is 9.69. The SMILES string of the molecule is COC(c1ccccc1)c1nc2cc(F)c(F)cc2n1[C@@H](C(=O)Nc1ccc(C(=O)O)cn1)C1CCCCC1. The summed E-state index contributed by atoms with van der Waals surface area (Å²) >= 11 is 0. The number of hydrogen-bond donors (Lipinski definition) is 2. The minimum Gasteiger partial charge on any atom is -0.478 e. The first-order valence-corrected chi connectivity index (χ1v) is 12.8. The van der Waals surface area contributed by atoms with Gasteiger partial charge in [0.25, 0.3) is 0 Å². The lowest BCUT2D eigenvalue weighted by molar-refractivity contribution is -0.121. The van der Waals surface area contributed by atoms with Crippen molar-refractivity contribution in [3.63, 3.8) is 0 Å². The molecule has 2 N–H and O–H groups in total. The molecule has 0 radical (unpaired) electrons. The quantitative estimate of drug-likeness (QED) is 0.291. The van der Waals surface area contributed by atoms with Gasteiger partial charge in [0.2, 0.25) is 5.91 Å². The molecule has 4 aromatic rings. The molecule has 2 aromatic carbocycles. The molecule has 2 atom stereocenters. The van der Waals surface area contributed by atoms with Crippen molar-refractivity contribution in [1.82, 2.24) is 14.5 Å². The van der Waals surface area contributed by atoms with Crippen LogP contribution in [0.1, 0.15) is 66.0 Å². The van der Waals surface area contributed by atoms with Crippen LogP contribution in [0.25, 0.3) is 11.0 Å². The van der Waals surface area contributed by atoms with Crippen LogP contribution in [-0.4, -0.2) is 38.6 Å². The zero-order chi connectivity index (χ0) is 27.5. The molecule has 10 heteroatoms. The number of methoxy groups -OCH3 is 1. The number of hydrogen-bond acceptors (Lipinski definition) is 5. The van der Waals surface area contributed by atoms with E-state index in [9.17, 15) is 23.5 Å². The third kappa shape index (κ3) is 5.37. The average molecular weight is 535 g/mol. The number of halogens is 2. The van der Waals surface area contributed by atoms with Crippen molar-refractivity contribution >= 4 is 28.7 Å². The molecular formula is C29H28F2N4O4. The number of rotatable bonds is 8. The largest absolute Gasteiger partial charge is 0.478 e. The Kier molecular flexibility index (Phi) is 7.65. The van der Waals surface area contributed by atoms with Crippen molar-refractivity contribution < 1.29 is 28.2 Å². The molecule has 0 aliphatic heterocycles. The number of carboxylic acids is 1. The third-order valence-electron chi connectivity index (χ3n) is 7.24. The van der Waals surface area contributed by atoms with Crippen LogP contribution in [0.5, 0.6) is 0 Å². The monoisotopic (exact) mass is 534 g/mol. The van der Waals surface area contributed by atoms with Gasteiger partial charge in [-0.15, -0.1) is 0 Å². The van der Waals surface area contributed by atoms with E-state index in [-0.39, 0.29) is 28.3 Å². The number of carbonyl (C=O) groups excluding carboxylic acids is 1. The summed E-state index contributed by atoms with van der Waals surface area (Å²) in [5.41, 5.74) is 1.25. The molecule has 1 aliphatic carbocycles. The van der Waals surface area contributed by atoms with Crippen molar-refractivity contribution in [2.24, 2.45) is 5.92 Å². The number of carbonyl (C=O) groups is 2. The highest BCUT2D eigenvalue weighted by molar-refractivity contribution is 5.95. The van der Waals surface area contributed by atoms with Crippen LogP contribution >= 0.6 is 0 Å². The van der Waals surface area contributed by atoms with Crippen molar-refractivity contribution in [2.75, 3.05) is 12.4 Å². The Hall–Kier alpha value is -4.18. The first-order chi connectivity index (χ1) is 18.9. The molecule has 39 heavy (non-hydrogen) atoms. The van der Waals surface area contributed by atoms with E-state index >= 15 is 0 Å². The Labute approximate surface area is 223 Å². The molecule has 0 spiro atoms. The Morgan fingerprint density at radius 3 is 2.41 bits per heavy atom. The fourth-order valence-electron chi connectivity index (χ4n) is 5.39. The number of anilines is 1. The molecule has 8 nitrogen and oxygen atoms in total. The lowest BCUT2D eigenvalue weighted by Crippen LogP contribution is -2.35. The smallest absolute Gasteiger partial charge is 0.337 e. The minimum absolute atomic E-state index is 0.0111. The van der Waals surface area contributed by atoms with Gasteiger partial charge in [-0.1, -0.05) is 49.6 Å². The maximum absolute atomic E-state index is 14.6. The Morgan fingerprint density at radius 1 is 1.05 bits per heavy atom. The van der Waals surface area contributed by atoms with Crippen LogP contribution in [0.2, 0.25) is 0 Å². The molecule has 1 amide bonds. The number of imidazole rings is 1. The molecule has 1 fully saturated rings. The molecule has 202 valence electrons. The van der Waals surface area contributed by atoms with Gasteiger partial charge in [-0.05, 0) is 36.5 Å². The number of pyridine rings is 1. The van der Waals surface area contributed by atoms with Gasteiger partial charge < -0.3 is 19.7 Å². The van der Waals surface area contributed by atoms with Gasteiger partial charge in [-0.25, -0.2) is 23.5 Å². The Bertz CT molecular complexity index is 1480. The standard InChI is InChI=1S/C29H28F2N4O4/c1-39-26(18-10-6-3-7-11-18)27-33-22-14-20(30)21(31)15-23(22)35(27)25(17-8-4-2-5-9-17)28(36)34-24-13-12-19(16-32-24)29(37)38/h3,6-7,10-17,25-26H,2,4-5,8-9H2,1H3,(H,37,38)(H,32,34,36)/t25-,26?/m1/s1. The molecule has 2 aromatic heterocycles. The number of benzene rings is 2. The molecule has 1 saturated carbocycles. The van der Waals surface area contributed by atoms with Gasteiger partial charge in [-0.2, -0.15) is 0 Å². The van der Waals surface area contributed by atoms with E-state index in [1.165, 1.54) is 25.4 Å². The summed E-state index contributed by atoms with van der Waals surface area (Å²) in [6.45, 7) is 0. The molecule has 1 unspecified atom stereocenters. The first-order valence-electron chi connectivity index (χ1n) is 12.8. The minimum atomic E-state index is -1.13. The lowest BCUT2D eigenvalue weighted by Gasteiger charge is -2.32. The van der Waals surface area contributed by atoms with Crippen LogP contribution in [0.4, 0.5) is 14.6 Å². The Balaban J connectivity index is 1.66. The molecule has 0 bridgehead atoms. The lowest BCUT2D eigenvalue weighted by atomic mass is 9.83. The molecule has 1 aliphatic rings. The van der Waals surface area contributed by atoms with E-state index in [4.69, 9.17) is 4.74 Å². The summed E-state index contributed by atoms with van der Waals surface area (Å²) in [6.07, 6.45) is 4.88. The van der Waals surface area contributed by atoms with E-state index in [0.29, 0.717) is 5.82 Å². The van der Waals surface area contributed by atoms with Crippen molar-refractivity contribution in [2.45, 2.75) is 44.2 Å². The maximum atomic E-state index is 14.6. The van der Waals surface area contributed by atoms with Crippen LogP contribution in [-0.2, 0) is 9.53 Å². The normalized spacial score (nSPS) is 15.7. The zero-order valence-corrected chi connectivity index (χ0v) is 21.3. The number of nitrogens with zero attached hydrogens (tertiary/aromatic N) is 3. The number of amides is 1. The molecule has 2 heterocycles. The molecule has 0 saturated heterocycles. The number of carboxylic acid groups (broad SMARTS) is 1. The van der Waals surface area contributed by atoms with E-state index in [2.05, 4.69) is 15.3 Å². The van der Waals surface area contributed by atoms with Gasteiger partial charge >= 0.3 is 5.97 Å². The van der Waals surface area contributed by atoms with Gasteiger partial charge in [0.15, 0.2) is 11.6 Å². The molecular weight excluding hydrogens is 506 g/mol. The van der Waals surface area contributed by atoms with Crippen molar-refractivity contribution in [3.05, 3.63) is 89.4 Å². The first kappa shape index (κ1) is 26.4. The summed E-state index contributed by atoms with van der Waals surface area (Å²) in [4.78, 5) is 34.0. The van der Waals surface area contributed by atoms with Gasteiger partial charge in [0.1, 0.15) is 23.8 Å². The zero-order valence-electron chi connectivity index (χ0n) is 21.3. The van der Waals surface area contributed by atoms with Crippen molar-refractivity contribution in [3.8, 4) is 0 Å². The van der Waals surface area contributed by atoms with Crippen molar-refractivity contribution in [1.29, 1.82) is 0 Å². The fraction of sp³-hybridized carbons (Fsp3) is 0.310. The highest BCUT2D eigenvalue weighted by Gasteiger charge is 2.36. The fourth-order valence-corrected chi connectivity index (χ4v) is 5.39. The summed E-state index contributed by atoms with van der Waals surface area (Å²) in [7, 11) is 1.52. The van der Waals surface area contributed by atoms with Crippen LogP contribution in [0.3, 0.4) is 0 Å².